The van der Waals surface area contributed by atoms with E-state index in [1.54, 1.807) is 11.0 Å². The highest BCUT2D eigenvalue weighted by Gasteiger charge is 2.26. The number of halogens is 3. The number of nitrogens with one attached hydrogen (secondary N) is 1. The van der Waals surface area contributed by atoms with Crippen molar-refractivity contribution in [2.75, 3.05) is 5.32 Å². The van der Waals surface area contributed by atoms with Gasteiger partial charge in [-0.2, -0.15) is 18.3 Å². The smallest absolute Gasteiger partial charge is 0.348 e. The van der Waals surface area contributed by atoms with Crippen LogP contribution in [0.4, 0.5) is 19.1 Å². The summed E-state index contributed by atoms with van der Waals surface area (Å²) in [6, 6.07) is 9.06. The number of hydrogen-bond donors (Lipinski definition) is 1. The summed E-state index contributed by atoms with van der Waals surface area (Å²) in [5.41, 5.74) is 2.22. The lowest BCUT2D eigenvalue weighted by atomic mass is 10.1. The number of hydrogen-bond acceptors (Lipinski definition) is 5. The minimum atomic E-state index is -4.20. The molecule has 0 aliphatic carbocycles. The van der Waals surface area contributed by atoms with Crippen LogP contribution in [0.25, 0.3) is 5.69 Å². The van der Waals surface area contributed by atoms with Crippen LogP contribution in [0.3, 0.4) is 0 Å². The first-order chi connectivity index (χ1) is 12.4. The average molecular weight is 362 g/mol. The summed E-state index contributed by atoms with van der Waals surface area (Å²) in [6.45, 7) is 1.93. The molecule has 0 fully saturated rings. The molecule has 26 heavy (non-hydrogen) atoms. The molecule has 0 saturated carbocycles. The minimum Gasteiger partial charge on any atom is -0.348 e. The van der Waals surface area contributed by atoms with Gasteiger partial charge >= 0.3 is 6.18 Å². The molecule has 6 nitrogen and oxygen atoms in total. The third-order valence-corrected chi connectivity index (χ3v) is 3.80. The highest BCUT2D eigenvalue weighted by molar-refractivity contribution is 5.37. The van der Waals surface area contributed by atoms with E-state index in [9.17, 15) is 13.2 Å². The third kappa shape index (κ3) is 4.78. The van der Waals surface area contributed by atoms with E-state index in [-0.39, 0.29) is 12.5 Å². The minimum absolute atomic E-state index is 0.113. The van der Waals surface area contributed by atoms with E-state index in [2.05, 4.69) is 25.4 Å². The van der Waals surface area contributed by atoms with Crippen molar-refractivity contribution < 1.29 is 13.2 Å². The molecule has 2 aromatic heterocycles. The Morgan fingerprint density at radius 2 is 1.92 bits per heavy atom. The Kier molecular flexibility index (Phi) is 5.15. The predicted molar refractivity (Wildman–Crippen MR) is 89.8 cm³/mol. The van der Waals surface area contributed by atoms with E-state index >= 15 is 0 Å². The summed E-state index contributed by atoms with van der Waals surface area (Å²) in [5, 5.41) is 7.17. The van der Waals surface area contributed by atoms with Gasteiger partial charge in [0.1, 0.15) is 12.7 Å². The van der Waals surface area contributed by atoms with E-state index in [1.807, 2.05) is 31.2 Å². The number of nitrogens with zero attached hydrogens (tertiary/aromatic N) is 5. The van der Waals surface area contributed by atoms with Crippen LogP contribution in [0.2, 0.25) is 0 Å². The van der Waals surface area contributed by atoms with Crippen LogP contribution in [0.15, 0.2) is 49.2 Å². The zero-order valence-electron chi connectivity index (χ0n) is 14.0. The lowest BCUT2D eigenvalue weighted by Gasteiger charge is -2.15. The first-order valence-electron chi connectivity index (χ1n) is 8.01. The second kappa shape index (κ2) is 7.51. The molecule has 0 aliphatic rings. The van der Waals surface area contributed by atoms with Gasteiger partial charge in [0.15, 0.2) is 0 Å². The molecule has 2 heterocycles. The number of aromatic nitrogens is 5. The van der Waals surface area contributed by atoms with Gasteiger partial charge in [0.2, 0.25) is 5.95 Å². The van der Waals surface area contributed by atoms with Crippen LogP contribution in [-0.2, 0) is 6.42 Å². The molecular weight excluding hydrogens is 345 g/mol. The summed E-state index contributed by atoms with van der Waals surface area (Å²) < 4.78 is 38.7. The van der Waals surface area contributed by atoms with Crippen molar-refractivity contribution in [3.8, 4) is 5.69 Å². The molecule has 1 N–H and O–H groups in total. The normalized spacial score (nSPS) is 12.8. The van der Waals surface area contributed by atoms with Gasteiger partial charge in [0.25, 0.3) is 0 Å². The highest BCUT2D eigenvalue weighted by Crippen LogP contribution is 2.22. The zero-order valence-corrected chi connectivity index (χ0v) is 14.0. The molecule has 9 heteroatoms. The van der Waals surface area contributed by atoms with Crippen LogP contribution >= 0.6 is 0 Å². The highest BCUT2D eigenvalue weighted by atomic mass is 19.4. The summed E-state index contributed by atoms with van der Waals surface area (Å²) >= 11 is 0. The largest absolute Gasteiger partial charge is 0.389 e. The fourth-order valence-electron chi connectivity index (χ4n) is 2.41. The van der Waals surface area contributed by atoms with Crippen LogP contribution in [0.1, 0.15) is 30.6 Å². The Labute approximate surface area is 148 Å². The van der Waals surface area contributed by atoms with Crippen molar-refractivity contribution in [1.82, 2.24) is 24.7 Å². The molecule has 0 bridgehead atoms. The zero-order chi connectivity index (χ0) is 18.6. The standard InChI is InChI=1S/C17H17F3N6/c1-12(13-2-4-15(5-3-13)26-11-21-10-23-26)24-16-22-9-7-14(25-16)6-8-17(18,19)20/h2-5,7,9-12H,6,8H2,1H3,(H,22,24,25)/t12-/m0/s1. The molecule has 1 aromatic carbocycles. The fourth-order valence-corrected chi connectivity index (χ4v) is 2.41. The maximum absolute atomic E-state index is 12.3. The number of rotatable bonds is 6. The lowest BCUT2D eigenvalue weighted by Crippen LogP contribution is -2.12. The Bertz CT molecular complexity index is 830. The monoisotopic (exact) mass is 362 g/mol. The quantitative estimate of drug-likeness (QED) is 0.724. The number of anilines is 1. The molecule has 1 atom stereocenters. The van der Waals surface area contributed by atoms with E-state index in [4.69, 9.17) is 0 Å². The van der Waals surface area contributed by atoms with E-state index < -0.39 is 12.6 Å². The molecule has 136 valence electrons. The summed E-state index contributed by atoms with van der Waals surface area (Å²) in [7, 11) is 0. The SMILES string of the molecule is C[C@H](Nc1nccc(CCC(F)(F)F)n1)c1ccc(-n2cncn2)cc1. The Morgan fingerprint density at radius 1 is 1.15 bits per heavy atom. The van der Waals surface area contributed by atoms with Gasteiger partial charge in [-0.15, -0.1) is 0 Å². The van der Waals surface area contributed by atoms with Gasteiger partial charge < -0.3 is 5.32 Å². The van der Waals surface area contributed by atoms with E-state index in [1.165, 1.54) is 18.6 Å². The number of alkyl halides is 3. The molecule has 3 aromatic rings. The number of benzene rings is 1. The molecule has 0 aliphatic heterocycles. The summed E-state index contributed by atoms with van der Waals surface area (Å²) in [6.07, 6.45) is -0.734. The maximum atomic E-state index is 12.3. The topological polar surface area (TPSA) is 68.5 Å². The Hall–Kier alpha value is -2.97. The lowest BCUT2D eigenvalue weighted by molar-refractivity contribution is -0.134. The van der Waals surface area contributed by atoms with Gasteiger partial charge in [-0.25, -0.2) is 19.6 Å². The van der Waals surface area contributed by atoms with Gasteiger partial charge in [-0.05, 0) is 37.1 Å². The molecule has 0 unspecified atom stereocenters. The van der Waals surface area contributed by atoms with Crippen LogP contribution in [0.5, 0.6) is 0 Å². The second-order valence-electron chi connectivity index (χ2n) is 5.78. The first kappa shape index (κ1) is 17.8. The first-order valence-corrected chi connectivity index (χ1v) is 8.01. The predicted octanol–water partition coefficient (Wildman–Crippen LogP) is 3.73. The van der Waals surface area contributed by atoms with Crippen LogP contribution in [0, 0.1) is 0 Å². The third-order valence-electron chi connectivity index (χ3n) is 3.80. The number of aryl methyl sites for hydroxylation is 1. The van der Waals surface area contributed by atoms with Crippen LogP contribution in [-0.4, -0.2) is 30.9 Å². The molecule has 0 saturated heterocycles. The summed E-state index contributed by atoms with van der Waals surface area (Å²) in [5.74, 6) is 0.303. The second-order valence-corrected chi connectivity index (χ2v) is 5.78. The van der Waals surface area contributed by atoms with Crippen molar-refractivity contribution in [3.63, 3.8) is 0 Å². The fraction of sp³-hybridized carbons (Fsp3) is 0.294. The van der Waals surface area contributed by atoms with Gasteiger partial charge in [-0.1, -0.05) is 12.1 Å². The Balaban J connectivity index is 1.65. The van der Waals surface area contributed by atoms with E-state index in [0.717, 1.165) is 11.3 Å². The molecule has 0 spiro atoms. The van der Waals surface area contributed by atoms with Crippen molar-refractivity contribution in [2.45, 2.75) is 32.0 Å². The maximum Gasteiger partial charge on any atom is 0.389 e. The van der Waals surface area contributed by atoms with Crippen molar-refractivity contribution in [2.24, 2.45) is 0 Å². The Morgan fingerprint density at radius 3 is 2.58 bits per heavy atom. The molecule has 3 rings (SSSR count). The molecular formula is C17H17F3N6. The molecule has 0 amide bonds. The molecule has 0 radical (unpaired) electrons. The van der Waals surface area contributed by atoms with Gasteiger partial charge in [0, 0.05) is 18.3 Å². The van der Waals surface area contributed by atoms with Gasteiger partial charge in [0.05, 0.1) is 11.7 Å². The van der Waals surface area contributed by atoms with Crippen molar-refractivity contribution in [1.29, 1.82) is 0 Å². The average Bonchev–Trinajstić information content (AvgIpc) is 3.14. The van der Waals surface area contributed by atoms with Gasteiger partial charge in [-0.3, -0.25) is 0 Å². The van der Waals surface area contributed by atoms with Crippen molar-refractivity contribution >= 4 is 5.95 Å². The van der Waals surface area contributed by atoms with Crippen molar-refractivity contribution in [3.05, 3.63) is 60.4 Å². The van der Waals surface area contributed by atoms with Crippen LogP contribution < -0.4 is 5.32 Å². The van der Waals surface area contributed by atoms with E-state index in [0.29, 0.717) is 11.6 Å². The summed E-state index contributed by atoms with van der Waals surface area (Å²) in [4.78, 5) is 12.1.